The van der Waals surface area contributed by atoms with Gasteiger partial charge in [-0.25, -0.2) is 0 Å². The Hall–Kier alpha value is -1.35. The number of carbonyl (C=O) groups is 1. The SMILES string of the molecule is CCC1CCC(NCC(C(=O)O)c2ccccc2)C1C. The van der Waals surface area contributed by atoms with Gasteiger partial charge in [0.05, 0.1) is 5.92 Å². The van der Waals surface area contributed by atoms with E-state index >= 15 is 0 Å². The number of nitrogens with one attached hydrogen (secondary N) is 1. The summed E-state index contributed by atoms with van der Waals surface area (Å²) in [6.07, 6.45) is 3.65. The zero-order valence-electron chi connectivity index (χ0n) is 12.4. The Morgan fingerprint density at radius 1 is 1.35 bits per heavy atom. The Morgan fingerprint density at radius 3 is 2.60 bits per heavy atom. The van der Waals surface area contributed by atoms with Crippen molar-refractivity contribution in [1.29, 1.82) is 0 Å². The Morgan fingerprint density at radius 2 is 2.05 bits per heavy atom. The predicted octanol–water partition coefficient (Wildman–Crippen LogP) is 3.27. The fourth-order valence-corrected chi connectivity index (χ4v) is 3.41. The van der Waals surface area contributed by atoms with Crippen LogP contribution in [0.25, 0.3) is 0 Å². The summed E-state index contributed by atoms with van der Waals surface area (Å²) in [4.78, 5) is 11.5. The van der Waals surface area contributed by atoms with Gasteiger partial charge < -0.3 is 10.4 Å². The van der Waals surface area contributed by atoms with Crippen LogP contribution < -0.4 is 5.32 Å². The van der Waals surface area contributed by atoms with Gasteiger partial charge in [-0.2, -0.15) is 0 Å². The standard InChI is InChI=1S/C17H25NO2/c1-3-13-9-10-16(12(13)2)18-11-15(17(19)20)14-7-5-4-6-8-14/h4-8,12-13,15-16,18H,3,9-11H2,1-2H3,(H,19,20). The molecule has 110 valence electrons. The molecule has 0 heterocycles. The van der Waals surface area contributed by atoms with E-state index in [1.807, 2.05) is 30.3 Å². The van der Waals surface area contributed by atoms with Crippen molar-refractivity contribution in [2.75, 3.05) is 6.54 Å². The molecule has 1 aliphatic carbocycles. The quantitative estimate of drug-likeness (QED) is 0.837. The first-order valence-electron chi connectivity index (χ1n) is 7.64. The lowest BCUT2D eigenvalue weighted by Gasteiger charge is -2.23. The van der Waals surface area contributed by atoms with E-state index in [1.165, 1.54) is 19.3 Å². The third kappa shape index (κ3) is 3.40. The van der Waals surface area contributed by atoms with E-state index < -0.39 is 11.9 Å². The molecule has 2 rings (SSSR count). The van der Waals surface area contributed by atoms with Gasteiger partial charge in [-0.3, -0.25) is 4.79 Å². The van der Waals surface area contributed by atoms with Crippen molar-refractivity contribution in [2.24, 2.45) is 11.8 Å². The minimum atomic E-state index is -0.749. The summed E-state index contributed by atoms with van der Waals surface area (Å²) in [6, 6.07) is 9.97. The molecule has 4 unspecified atom stereocenters. The molecule has 3 heteroatoms. The van der Waals surface area contributed by atoms with Crippen molar-refractivity contribution in [2.45, 2.75) is 45.1 Å². The van der Waals surface area contributed by atoms with Gasteiger partial charge in [-0.1, -0.05) is 50.6 Å². The summed E-state index contributed by atoms with van der Waals surface area (Å²) < 4.78 is 0. The molecular weight excluding hydrogens is 250 g/mol. The zero-order valence-corrected chi connectivity index (χ0v) is 12.4. The topological polar surface area (TPSA) is 49.3 Å². The largest absolute Gasteiger partial charge is 0.481 e. The molecule has 1 fully saturated rings. The third-order valence-electron chi connectivity index (χ3n) is 4.84. The second-order valence-corrected chi connectivity index (χ2v) is 5.92. The minimum absolute atomic E-state index is 0.455. The van der Waals surface area contributed by atoms with Crippen LogP contribution in [0.3, 0.4) is 0 Å². The monoisotopic (exact) mass is 275 g/mol. The van der Waals surface area contributed by atoms with E-state index in [-0.39, 0.29) is 0 Å². The van der Waals surface area contributed by atoms with Crippen molar-refractivity contribution in [3.63, 3.8) is 0 Å². The second kappa shape index (κ2) is 6.89. The number of hydrogen-bond acceptors (Lipinski definition) is 2. The van der Waals surface area contributed by atoms with Crippen molar-refractivity contribution in [1.82, 2.24) is 5.32 Å². The number of aliphatic carboxylic acids is 1. The summed E-state index contributed by atoms with van der Waals surface area (Å²) in [5, 5.41) is 12.9. The van der Waals surface area contributed by atoms with Crippen molar-refractivity contribution >= 4 is 5.97 Å². The highest BCUT2D eigenvalue weighted by Gasteiger charge is 2.32. The maximum atomic E-state index is 11.5. The van der Waals surface area contributed by atoms with Crippen LogP contribution in [0, 0.1) is 11.8 Å². The van der Waals surface area contributed by atoms with Gasteiger partial charge in [0.15, 0.2) is 0 Å². The highest BCUT2D eigenvalue weighted by molar-refractivity contribution is 5.76. The average molecular weight is 275 g/mol. The van der Waals surface area contributed by atoms with Crippen LogP contribution in [0.1, 0.15) is 44.6 Å². The first-order valence-corrected chi connectivity index (χ1v) is 7.64. The summed E-state index contributed by atoms with van der Waals surface area (Å²) in [7, 11) is 0. The van der Waals surface area contributed by atoms with Crippen molar-refractivity contribution < 1.29 is 9.90 Å². The molecule has 0 bridgehead atoms. The van der Waals surface area contributed by atoms with E-state index in [0.29, 0.717) is 18.5 Å². The predicted molar refractivity (Wildman–Crippen MR) is 80.8 cm³/mol. The summed E-state index contributed by atoms with van der Waals surface area (Å²) in [5.74, 6) is 0.225. The second-order valence-electron chi connectivity index (χ2n) is 5.92. The lowest BCUT2D eigenvalue weighted by atomic mass is 9.93. The summed E-state index contributed by atoms with van der Waals surface area (Å²) >= 11 is 0. The molecule has 0 aromatic heterocycles. The molecule has 20 heavy (non-hydrogen) atoms. The Labute approximate surface area is 121 Å². The van der Waals surface area contributed by atoms with Crippen LogP contribution in [0.4, 0.5) is 0 Å². The van der Waals surface area contributed by atoms with Crippen LogP contribution in [-0.4, -0.2) is 23.7 Å². The molecule has 0 aliphatic heterocycles. The van der Waals surface area contributed by atoms with Gasteiger partial charge in [0, 0.05) is 12.6 Å². The van der Waals surface area contributed by atoms with Gasteiger partial charge >= 0.3 is 5.97 Å². The van der Waals surface area contributed by atoms with Crippen LogP contribution in [0.15, 0.2) is 30.3 Å². The lowest BCUT2D eigenvalue weighted by molar-refractivity contribution is -0.138. The van der Waals surface area contributed by atoms with Gasteiger partial charge in [0.25, 0.3) is 0 Å². The molecular formula is C17H25NO2. The molecule has 0 spiro atoms. The van der Waals surface area contributed by atoms with Crippen LogP contribution in [0.2, 0.25) is 0 Å². The van der Waals surface area contributed by atoms with Gasteiger partial charge in [0.1, 0.15) is 0 Å². The first-order chi connectivity index (χ1) is 9.63. The maximum Gasteiger partial charge on any atom is 0.312 e. The normalized spacial score (nSPS) is 27.4. The molecule has 1 aliphatic rings. The lowest BCUT2D eigenvalue weighted by Crippen LogP contribution is -2.37. The average Bonchev–Trinajstić information content (AvgIpc) is 2.80. The first kappa shape index (κ1) is 15.0. The number of carboxylic acids is 1. The fraction of sp³-hybridized carbons (Fsp3) is 0.588. The molecule has 0 amide bonds. The summed E-state index contributed by atoms with van der Waals surface area (Å²) in [5.41, 5.74) is 0.880. The smallest absolute Gasteiger partial charge is 0.312 e. The number of rotatable bonds is 6. The van der Waals surface area contributed by atoms with Crippen molar-refractivity contribution in [3.05, 3.63) is 35.9 Å². The van der Waals surface area contributed by atoms with Gasteiger partial charge in [-0.15, -0.1) is 0 Å². The number of benzene rings is 1. The van der Waals surface area contributed by atoms with E-state index in [2.05, 4.69) is 19.2 Å². The summed E-state index contributed by atoms with van der Waals surface area (Å²) in [6.45, 7) is 5.05. The van der Waals surface area contributed by atoms with E-state index in [1.54, 1.807) is 0 Å². The minimum Gasteiger partial charge on any atom is -0.481 e. The maximum absolute atomic E-state index is 11.5. The van der Waals surface area contributed by atoms with Crippen LogP contribution in [0.5, 0.6) is 0 Å². The molecule has 1 aromatic carbocycles. The Balaban J connectivity index is 1.96. The number of hydrogen-bond donors (Lipinski definition) is 2. The van der Waals surface area contributed by atoms with E-state index in [4.69, 9.17) is 0 Å². The van der Waals surface area contributed by atoms with Crippen LogP contribution in [-0.2, 0) is 4.79 Å². The van der Waals surface area contributed by atoms with E-state index in [9.17, 15) is 9.90 Å². The van der Waals surface area contributed by atoms with Gasteiger partial charge in [-0.05, 0) is 30.2 Å². The molecule has 2 N–H and O–H groups in total. The Bertz CT molecular complexity index is 432. The molecule has 4 atom stereocenters. The van der Waals surface area contributed by atoms with Crippen LogP contribution >= 0.6 is 0 Å². The molecule has 1 saturated carbocycles. The van der Waals surface area contributed by atoms with Gasteiger partial charge in [0.2, 0.25) is 0 Å². The third-order valence-corrected chi connectivity index (χ3v) is 4.84. The zero-order chi connectivity index (χ0) is 14.5. The molecule has 3 nitrogen and oxygen atoms in total. The highest BCUT2D eigenvalue weighted by Crippen LogP contribution is 2.34. The van der Waals surface area contributed by atoms with Crippen molar-refractivity contribution in [3.8, 4) is 0 Å². The number of carboxylic acid groups (broad SMARTS) is 1. The molecule has 0 saturated heterocycles. The molecule has 0 radical (unpaired) electrons. The fourth-order valence-electron chi connectivity index (χ4n) is 3.41. The molecule has 1 aromatic rings. The highest BCUT2D eigenvalue weighted by atomic mass is 16.4. The Kier molecular flexibility index (Phi) is 5.18. The van der Waals surface area contributed by atoms with E-state index in [0.717, 1.165) is 11.5 Å².